The Labute approximate surface area is 182 Å². The van der Waals surface area contributed by atoms with E-state index >= 15 is 0 Å². The fraction of sp³-hybridized carbons (Fsp3) is 0.696. The van der Waals surface area contributed by atoms with Crippen molar-refractivity contribution in [2.24, 2.45) is 22.7 Å². The smallest absolute Gasteiger partial charge is 0.289 e. The highest BCUT2D eigenvalue weighted by Crippen LogP contribution is 2.56. The Balaban J connectivity index is 1.26. The van der Waals surface area contributed by atoms with Gasteiger partial charge in [0.15, 0.2) is 12.0 Å². The summed E-state index contributed by atoms with van der Waals surface area (Å²) < 4.78 is 5.24. The highest BCUT2D eigenvalue weighted by molar-refractivity contribution is 5.91. The van der Waals surface area contributed by atoms with Crippen LogP contribution >= 0.6 is 0 Å². The zero-order valence-corrected chi connectivity index (χ0v) is 18.0. The maximum atomic E-state index is 12.5. The van der Waals surface area contributed by atoms with Gasteiger partial charge in [-0.1, -0.05) is 0 Å². The molecule has 31 heavy (non-hydrogen) atoms. The number of aliphatic hydroxyl groups is 1. The number of furan rings is 1. The van der Waals surface area contributed by atoms with E-state index in [0.29, 0.717) is 36.6 Å². The van der Waals surface area contributed by atoms with Crippen molar-refractivity contribution in [2.75, 3.05) is 26.2 Å². The number of hydrogen-bond donors (Lipinski definition) is 2. The summed E-state index contributed by atoms with van der Waals surface area (Å²) in [5, 5.41) is 23.1. The molecular weight excluding hydrogens is 394 g/mol. The summed E-state index contributed by atoms with van der Waals surface area (Å²) in [4.78, 5) is 21.7. The second kappa shape index (κ2) is 7.95. The standard InChI is InChI=1S/C23H31N5O3/c1-15(27-4-6-28(7-5-27)22(29)19-3-2-8-31-19)21(25-14-24)26-20-17-9-16-10-18(20)13-23(30,11-16)12-17/h2-3,8,15-18,20,30H,4-7,9-13H2,1H3,(H,25,26). The monoisotopic (exact) mass is 425 g/mol. The lowest BCUT2D eigenvalue weighted by atomic mass is 9.52. The van der Waals surface area contributed by atoms with E-state index in [1.165, 1.54) is 6.26 Å². The quantitative estimate of drug-likeness (QED) is 0.330. The Bertz CT molecular complexity index is 868. The van der Waals surface area contributed by atoms with Crippen LogP contribution in [0.25, 0.3) is 0 Å². The predicted octanol–water partition coefficient (Wildman–Crippen LogP) is 1.83. The van der Waals surface area contributed by atoms with E-state index < -0.39 is 5.60 Å². The number of piperazine rings is 1. The van der Waals surface area contributed by atoms with Crippen molar-refractivity contribution >= 4 is 11.7 Å². The molecule has 1 amide bonds. The Morgan fingerprint density at radius 1 is 1.29 bits per heavy atom. The van der Waals surface area contributed by atoms with Crippen LogP contribution in [0.3, 0.4) is 0 Å². The predicted molar refractivity (Wildman–Crippen MR) is 114 cm³/mol. The Kier molecular flexibility index (Phi) is 5.27. The fourth-order valence-electron chi connectivity index (χ4n) is 6.67. The third-order valence-electron chi connectivity index (χ3n) is 7.94. The minimum absolute atomic E-state index is 0.0270. The molecule has 5 aliphatic rings. The number of amidine groups is 1. The fourth-order valence-corrected chi connectivity index (χ4v) is 6.67. The summed E-state index contributed by atoms with van der Waals surface area (Å²) in [6, 6.07) is 3.59. The first-order valence-corrected chi connectivity index (χ1v) is 11.5. The van der Waals surface area contributed by atoms with Gasteiger partial charge in [0.25, 0.3) is 5.91 Å². The minimum Gasteiger partial charge on any atom is -0.459 e. The van der Waals surface area contributed by atoms with Crippen molar-refractivity contribution in [2.45, 2.75) is 56.7 Å². The van der Waals surface area contributed by atoms with E-state index in [2.05, 4.69) is 23.3 Å². The van der Waals surface area contributed by atoms with Gasteiger partial charge in [-0.15, -0.1) is 0 Å². The molecule has 0 spiro atoms. The van der Waals surface area contributed by atoms with E-state index in [4.69, 9.17) is 9.41 Å². The number of carbonyl (C=O) groups excluding carboxylic acids is 1. The summed E-state index contributed by atoms with van der Waals surface area (Å²) in [6.07, 6.45) is 8.54. The van der Waals surface area contributed by atoms with Gasteiger partial charge in [0, 0.05) is 26.2 Å². The molecule has 8 nitrogen and oxygen atoms in total. The van der Waals surface area contributed by atoms with E-state index in [1.807, 2.05) is 4.90 Å². The number of nitrogens with one attached hydrogen (secondary N) is 1. The van der Waals surface area contributed by atoms with E-state index in [-0.39, 0.29) is 18.0 Å². The molecule has 166 valence electrons. The van der Waals surface area contributed by atoms with Crippen molar-refractivity contribution in [3.05, 3.63) is 24.2 Å². The molecule has 2 heterocycles. The van der Waals surface area contributed by atoms with Gasteiger partial charge in [-0.25, -0.2) is 0 Å². The number of carbonyl (C=O) groups is 1. The number of amides is 1. The van der Waals surface area contributed by atoms with Gasteiger partial charge < -0.3 is 14.4 Å². The average molecular weight is 426 g/mol. The Morgan fingerprint density at radius 2 is 2.00 bits per heavy atom. The van der Waals surface area contributed by atoms with Gasteiger partial charge in [0.2, 0.25) is 0 Å². The van der Waals surface area contributed by atoms with Gasteiger partial charge >= 0.3 is 0 Å². The van der Waals surface area contributed by atoms with Crippen LogP contribution in [-0.4, -0.2) is 70.5 Å². The molecule has 0 radical (unpaired) electrons. The maximum absolute atomic E-state index is 12.5. The maximum Gasteiger partial charge on any atom is 0.289 e. The van der Waals surface area contributed by atoms with E-state index in [1.54, 1.807) is 12.1 Å². The van der Waals surface area contributed by atoms with Gasteiger partial charge in [-0.3, -0.25) is 20.0 Å². The normalized spacial score (nSPS) is 36.3. The second-order valence-corrected chi connectivity index (χ2v) is 9.92. The summed E-state index contributed by atoms with van der Waals surface area (Å²) in [7, 11) is 0. The lowest BCUT2D eigenvalue weighted by Crippen LogP contribution is -2.58. The molecule has 3 unspecified atom stereocenters. The molecule has 4 saturated carbocycles. The summed E-state index contributed by atoms with van der Waals surface area (Å²) in [5.41, 5.74) is -0.478. The number of hydrogen-bond acceptors (Lipinski definition) is 6. The van der Waals surface area contributed by atoms with Crippen LogP contribution in [0.2, 0.25) is 0 Å². The first-order valence-electron chi connectivity index (χ1n) is 11.5. The second-order valence-electron chi connectivity index (χ2n) is 9.92. The molecule has 2 N–H and O–H groups in total. The molecule has 0 aromatic carbocycles. The van der Waals surface area contributed by atoms with Crippen molar-refractivity contribution in [1.82, 2.24) is 15.1 Å². The zero-order chi connectivity index (χ0) is 21.6. The highest BCUT2D eigenvalue weighted by Gasteiger charge is 2.55. The first kappa shape index (κ1) is 20.5. The topological polar surface area (TPSA) is 105 Å². The van der Waals surface area contributed by atoms with Crippen LogP contribution in [0.5, 0.6) is 0 Å². The number of nitriles is 1. The van der Waals surface area contributed by atoms with Crippen LogP contribution in [0.4, 0.5) is 0 Å². The molecule has 5 fully saturated rings. The molecule has 8 heteroatoms. The van der Waals surface area contributed by atoms with Crippen LogP contribution in [0.15, 0.2) is 27.8 Å². The van der Waals surface area contributed by atoms with Crippen LogP contribution in [0, 0.1) is 29.2 Å². The van der Waals surface area contributed by atoms with Gasteiger partial charge in [0.1, 0.15) is 5.84 Å². The minimum atomic E-state index is -0.478. The van der Waals surface area contributed by atoms with Crippen molar-refractivity contribution in [3.8, 4) is 6.19 Å². The average Bonchev–Trinajstić information content (AvgIpc) is 3.28. The van der Waals surface area contributed by atoms with Crippen molar-refractivity contribution < 1.29 is 14.3 Å². The lowest BCUT2D eigenvalue weighted by Gasteiger charge is -2.57. The largest absolute Gasteiger partial charge is 0.459 e. The Morgan fingerprint density at radius 3 is 2.58 bits per heavy atom. The van der Waals surface area contributed by atoms with Crippen LogP contribution in [-0.2, 0) is 0 Å². The van der Waals surface area contributed by atoms with Crippen LogP contribution in [0.1, 0.15) is 49.6 Å². The Hall–Kier alpha value is -2.37. The van der Waals surface area contributed by atoms with Gasteiger partial charge in [-0.05, 0) is 68.9 Å². The van der Waals surface area contributed by atoms with E-state index in [0.717, 1.165) is 51.0 Å². The molecule has 6 rings (SSSR count). The molecule has 4 bridgehead atoms. The third-order valence-corrected chi connectivity index (χ3v) is 7.94. The molecule has 1 aromatic heterocycles. The molecule has 1 aromatic rings. The molecule has 3 atom stereocenters. The van der Waals surface area contributed by atoms with E-state index in [9.17, 15) is 15.2 Å². The van der Waals surface area contributed by atoms with Crippen LogP contribution < -0.4 is 5.32 Å². The van der Waals surface area contributed by atoms with Crippen molar-refractivity contribution in [3.63, 3.8) is 0 Å². The summed E-state index contributed by atoms with van der Waals surface area (Å²) in [5.74, 6) is 2.49. The number of rotatable bonds is 4. The summed E-state index contributed by atoms with van der Waals surface area (Å²) >= 11 is 0. The first-order chi connectivity index (χ1) is 15.0. The molecule has 4 aliphatic carbocycles. The van der Waals surface area contributed by atoms with Crippen molar-refractivity contribution in [1.29, 1.82) is 5.26 Å². The zero-order valence-electron chi connectivity index (χ0n) is 18.0. The molecule has 1 saturated heterocycles. The summed E-state index contributed by atoms with van der Waals surface area (Å²) in [6.45, 7) is 4.76. The number of nitrogens with zero attached hydrogens (tertiary/aromatic N) is 4. The highest BCUT2D eigenvalue weighted by atomic mass is 16.3. The van der Waals surface area contributed by atoms with Gasteiger partial charge in [0.05, 0.1) is 23.9 Å². The lowest BCUT2D eigenvalue weighted by molar-refractivity contribution is -0.132. The molecule has 1 aliphatic heterocycles. The SMILES string of the molecule is CC(C(=NC1C2CC3CC1CC(O)(C3)C2)NC#N)N1CCN(C(=O)c2ccco2)CC1. The molecular formula is C23H31N5O3. The number of aliphatic imine (C=N–C) groups is 1. The van der Waals surface area contributed by atoms with Gasteiger partial charge in [-0.2, -0.15) is 5.26 Å². The third kappa shape index (κ3) is 3.85.